The monoisotopic (exact) mass is 618 g/mol. The smallest absolute Gasteiger partial charge is 0.327 e. The van der Waals surface area contributed by atoms with Gasteiger partial charge in [0.2, 0.25) is 29.5 Å². The minimum Gasteiger partial charge on any atom is -0.480 e. The van der Waals surface area contributed by atoms with E-state index in [1.807, 2.05) is 0 Å². The topological polar surface area (TPSA) is 258 Å². The van der Waals surface area contributed by atoms with Gasteiger partial charge in [-0.25, -0.2) is 9.78 Å². The summed E-state index contributed by atoms with van der Waals surface area (Å²) in [6, 6.07) is -7.33. The zero-order valence-electron chi connectivity index (χ0n) is 22.8. The van der Waals surface area contributed by atoms with Crippen LogP contribution in [0.5, 0.6) is 0 Å². The molecule has 0 saturated carbocycles. The van der Waals surface area contributed by atoms with Crippen LogP contribution in [0.2, 0.25) is 0 Å². The first kappa shape index (κ1) is 35.7. The van der Waals surface area contributed by atoms with E-state index in [-0.39, 0.29) is 17.9 Å². The van der Waals surface area contributed by atoms with Crippen molar-refractivity contribution in [1.29, 1.82) is 0 Å². The number of imidazole rings is 1. The van der Waals surface area contributed by atoms with Crippen molar-refractivity contribution in [3.63, 3.8) is 0 Å². The molecule has 6 unspecified atom stereocenters. The number of carboxylic acid groups (broad SMARTS) is 1. The lowest BCUT2D eigenvalue weighted by Gasteiger charge is -2.26. The van der Waals surface area contributed by atoms with Gasteiger partial charge in [0.15, 0.2) is 0 Å². The molecule has 41 heavy (non-hydrogen) atoms. The molecule has 5 amide bonds. The summed E-state index contributed by atoms with van der Waals surface area (Å²) in [6.45, 7) is 3.84. The average molecular weight is 619 g/mol. The van der Waals surface area contributed by atoms with Crippen LogP contribution in [0.1, 0.15) is 26.5 Å². The van der Waals surface area contributed by atoms with Gasteiger partial charge in [-0.15, -0.1) is 0 Å². The van der Waals surface area contributed by atoms with Gasteiger partial charge in [0.1, 0.15) is 30.2 Å². The van der Waals surface area contributed by atoms with Gasteiger partial charge in [0, 0.05) is 29.8 Å². The van der Waals surface area contributed by atoms with Crippen LogP contribution < -0.4 is 32.3 Å². The number of hydrogen-bond acceptors (Lipinski definition) is 11. The Kier molecular flexibility index (Phi) is 15.2. The summed E-state index contributed by atoms with van der Waals surface area (Å²) < 4.78 is 0. The van der Waals surface area contributed by atoms with Crippen LogP contribution in [-0.2, 0) is 35.2 Å². The second-order valence-corrected chi connectivity index (χ2v) is 10.1. The zero-order chi connectivity index (χ0) is 31.3. The fourth-order valence-electron chi connectivity index (χ4n) is 3.29. The summed E-state index contributed by atoms with van der Waals surface area (Å²) in [5, 5.41) is 30.8. The highest BCUT2D eigenvalue weighted by molar-refractivity contribution is 7.80. The molecule has 1 aromatic heterocycles. The maximum absolute atomic E-state index is 13.1. The van der Waals surface area contributed by atoms with Crippen LogP contribution in [-0.4, -0.2) is 110 Å². The maximum Gasteiger partial charge on any atom is 0.327 e. The molecule has 16 nitrogen and oxygen atoms in total. The molecule has 0 aromatic carbocycles. The highest BCUT2D eigenvalue weighted by Crippen LogP contribution is 2.05. The fraction of sp³-hybridized carbons (Fsp3) is 0.609. The number of aliphatic carboxylic acids is 1. The normalized spacial score (nSPS) is 15.4. The van der Waals surface area contributed by atoms with Gasteiger partial charge in [-0.05, 0) is 12.8 Å². The molecule has 0 radical (unpaired) electrons. The lowest BCUT2D eigenvalue weighted by Crippen LogP contribution is -2.60. The number of aromatic nitrogens is 2. The van der Waals surface area contributed by atoms with E-state index in [1.54, 1.807) is 13.8 Å². The number of aromatic amines is 1. The van der Waals surface area contributed by atoms with E-state index in [9.17, 15) is 33.9 Å². The lowest BCUT2D eigenvalue weighted by atomic mass is 10.0. The average Bonchev–Trinajstić information content (AvgIpc) is 3.44. The van der Waals surface area contributed by atoms with Crippen molar-refractivity contribution in [3.05, 3.63) is 18.2 Å². The van der Waals surface area contributed by atoms with E-state index < -0.39 is 84.3 Å². The minimum atomic E-state index is -1.43. The number of carbonyl (C=O) groups is 6. The quantitative estimate of drug-likeness (QED) is 0.0762. The van der Waals surface area contributed by atoms with E-state index in [2.05, 4.69) is 61.8 Å². The van der Waals surface area contributed by atoms with Gasteiger partial charge in [0.05, 0.1) is 19.0 Å². The third-order valence-corrected chi connectivity index (χ3v) is 6.52. The van der Waals surface area contributed by atoms with E-state index in [0.29, 0.717) is 5.69 Å². The van der Waals surface area contributed by atoms with Crippen molar-refractivity contribution in [2.75, 3.05) is 18.1 Å². The predicted octanol–water partition coefficient (Wildman–Crippen LogP) is -3.68. The summed E-state index contributed by atoms with van der Waals surface area (Å²) in [4.78, 5) is 81.5. The molecule has 18 heteroatoms. The number of hydrogen-bond donors (Lipinski definition) is 11. The fourth-order valence-corrected chi connectivity index (χ4v) is 3.71. The summed E-state index contributed by atoms with van der Waals surface area (Å²) in [5.41, 5.74) is 6.05. The van der Waals surface area contributed by atoms with Crippen molar-refractivity contribution in [2.45, 2.75) is 63.4 Å². The number of rotatable bonds is 17. The molecule has 10 N–H and O–H groups in total. The lowest BCUT2D eigenvalue weighted by molar-refractivity contribution is -0.142. The first-order chi connectivity index (χ1) is 19.2. The van der Waals surface area contributed by atoms with Gasteiger partial charge in [0.25, 0.3) is 0 Å². The number of nitrogens with two attached hydrogens (primary N) is 1. The van der Waals surface area contributed by atoms with Crippen molar-refractivity contribution in [2.24, 2.45) is 11.7 Å². The number of nitrogens with zero attached hydrogens (tertiary/aromatic N) is 1. The first-order valence-electron chi connectivity index (χ1n) is 12.6. The van der Waals surface area contributed by atoms with E-state index in [0.717, 1.165) is 0 Å². The highest BCUT2D eigenvalue weighted by Gasteiger charge is 2.32. The number of nitrogens with one attached hydrogen (secondary N) is 6. The van der Waals surface area contributed by atoms with Gasteiger partial charge >= 0.3 is 5.97 Å². The zero-order valence-corrected chi connectivity index (χ0v) is 24.6. The van der Waals surface area contributed by atoms with Crippen LogP contribution in [0.4, 0.5) is 0 Å². The molecule has 1 rings (SSSR count). The van der Waals surface area contributed by atoms with E-state index >= 15 is 0 Å². The van der Waals surface area contributed by atoms with Crippen molar-refractivity contribution in [1.82, 2.24) is 36.6 Å². The molecule has 6 atom stereocenters. The van der Waals surface area contributed by atoms with Crippen molar-refractivity contribution < 1.29 is 39.0 Å². The summed E-state index contributed by atoms with van der Waals surface area (Å²) in [6.07, 6.45) is 2.68. The van der Waals surface area contributed by atoms with Crippen LogP contribution in [0.15, 0.2) is 12.5 Å². The Morgan fingerprint density at radius 3 is 1.93 bits per heavy atom. The number of aliphatic hydroxyl groups is 1. The van der Waals surface area contributed by atoms with Crippen LogP contribution in [0.25, 0.3) is 0 Å². The van der Waals surface area contributed by atoms with E-state index in [4.69, 9.17) is 10.8 Å². The van der Waals surface area contributed by atoms with Gasteiger partial charge in [-0.1, -0.05) is 13.8 Å². The predicted molar refractivity (Wildman–Crippen MR) is 153 cm³/mol. The Hall–Kier alpha value is -3.35. The molecule has 0 fully saturated rings. The van der Waals surface area contributed by atoms with Crippen LogP contribution in [0.3, 0.4) is 0 Å². The third kappa shape index (κ3) is 11.6. The Morgan fingerprint density at radius 2 is 1.44 bits per heavy atom. The highest BCUT2D eigenvalue weighted by atomic mass is 32.1. The van der Waals surface area contributed by atoms with Crippen molar-refractivity contribution in [3.8, 4) is 0 Å². The minimum absolute atomic E-state index is 0.00886. The molecule has 0 aliphatic heterocycles. The maximum atomic E-state index is 13.1. The number of aliphatic hydroxyl groups excluding tert-OH is 1. The summed E-state index contributed by atoms with van der Waals surface area (Å²) in [5.74, 6) is -5.82. The summed E-state index contributed by atoms with van der Waals surface area (Å²) >= 11 is 7.82. The van der Waals surface area contributed by atoms with Crippen LogP contribution >= 0.6 is 25.3 Å². The summed E-state index contributed by atoms with van der Waals surface area (Å²) in [7, 11) is 0. The molecule has 0 bridgehead atoms. The Balaban J connectivity index is 2.98. The molecule has 0 saturated heterocycles. The Labute approximate surface area is 247 Å². The third-order valence-electron chi connectivity index (χ3n) is 5.76. The van der Waals surface area contributed by atoms with Gasteiger partial charge in [-0.2, -0.15) is 25.3 Å². The second kappa shape index (κ2) is 17.5. The van der Waals surface area contributed by atoms with Gasteiger partial charge < -0.3 is 47.5 Å². The molecule has 1 heterocycles. The number of carboxylic acids is 1. The number of amides is 5. The number of carbonyl (C=O) groups excluding carboxylic acids is 5. The molecule has 0 aliphatic carbocycles. The van der Waals surface area contributed by atoms with Gasteiger partial charge in [-0.3, -0.25) is 24.0 Å². The number of H-pyrrole nitrogens is 1. The van der Waals surface area contributed by atoms with Crippen LogP contribution in [0, 0.1) is 5.92 Å². The molecular weight excluding hydrogens is 580 g/mol. The number of thiol groups is 2. The first-order valence-corrected chi connectivity index (χ1v) is 13.8. The molecule has 1 aromatic rings. The SMILES string of the molecule is CC(NC(=O)C(Cc1cnc[nH]1)NC(=O)C(CO)NC(=O)C(N)CS)C(=O)NC(C(=O)NC(CS)C(=O)O)C(C)C. The molecule has 0 aliphatic rings. The standard InChI is InChI=1S/C23H38N8O8S2/c1-10(2)17(22(37)30-16(8-41)23(38)39)31-18(33)11(3)27-20(35)14(4-12-5-25-9-26-12)28-21(36)15(6-32)29-19(34)13(24)7-40/h5,9-11,13-17,32,40-41H,4,6-8,24H2,1-3H3,(H,25,26)(H,27,35)(H,28,36)(H,29,34)(H,30,37)(H,31,33)(H,38,39). The van der Waals surface area contributed by atoms with E-state index in [1.165, 1.54) is 19.4 Å². The molecule has 230 valence electrons. The largest absolute Gasteiger partial charge is 0.480 e. The molecule has 0 spiro atoms. The van der Waals surface area contributed by atoms with Crippen molar-refractivity contribution >= 4 is 60.8 Å². The Bertz CT molecular complexity index is 1060. The molecular formula is C23H38N8O8S2. The Morgan fingerprint density at radius 1 is 0.854 bits per heavy atom. The second-order valence-electron chi connectivity index (χ2n) is 9.42.